The van der Waals surface area contributed by atoms with Gasteiger partial charge in [0.15, 0.2) is 0 Å². The molecular formula is C15H20F4O2. The van der Waals surface area contributed by atoms with Crippen molar-refractivity contribution in [1.82, 2.24) is 0 Å². The van der Waals surface area contributed by atoms with Crippen LogP contribution < -0.4 is 4.74 Å². The van der Waals surface area contributed by atoms with E-state index < -0.39 is 12.5 Å². The fraction of sp³-hybridized carbons (Fsp3) is 0.600. The van der Waals surface area contributed by atoms with Crippen LogP contribution in [0.4, 0.5) is 17.6 Å². The predicted molar refractivity (Wildman–Crippen MR) is 72.0 cm³/mol. The Balaban J connectivity index is 2.76. The summed E-state index contributed by atoms with van der Waals surface area (Å²) in [5, 5.41) is 0. The van der Waals surface area contributed by atoms with E-state index in [-0.39, 0.29) is 18.0 Å². The molecule has 0 saturated carbocycles. The van der Waals surface area contributed by atoms with Crippen molar-refractivity contribution in [3.05, 3.63) is 29.8 Å². The average molecular weight is 308 g/mol. The minimum Gasteiger partial charge on any atom is -0.428 e. The molecule has 2 nitrogen and oxygen atoms in total. The van der Waals surface area contributed by atoms with Gasteiger partial charge in [-0.1, -0.05) is 19.1 Å². The highest BCUT2D eigenvalue weighted by Gasteiger charge is 2.43. The average Bonchev–Trinajstić information content (AvgIpc) is 2.37. The molecule has 6 heteroatoms. The van der Waals surface area contributed by atoms with Gasteiger partial charge in [0.05, 0.1) is 12.2 Å². The second-order valence-electron chi connectivity index (χ2n) is 5.03. The van der Waals surface area contributed by atoms with Crippen molar-refractivity contribution in [3.63, 3.8) is 0 Å². The Morgan fingerprint density at radius 2 is 1.86 bits per heavy atom. The van der Waals surface area contributed by atoms with Crippen molar-refractivity contribution in [2.75, 3.05) is 0 Å². The third-order valence-corrected chi connectivity index (χ3v) is 2.79. The fourth-order valence-electron chi connectivity index (χ4n) is 1.87. The Morgan fingerprint density at radius 1 is 1.19 bits per heavy atom. The van der Waals surface area contributed by atoms with Gasteiger partial charge in [-0.05, 0) is 44.4 Å². The SMILES string of the molecule is CCC(Cc1cccc(OC(F)(F)C(F)F)c1)OC(C)C. The van der Waals surface area contributed by atoms with Crippen molar-refractivity contribution in [3.8, 4) is 5.75 Å². The van der Waals surface area contributed by atoms with Gasteiger partial charge in [-0.15, -0.1) is 0 Å². The molecule has 0 aliphatic carbocycles. The molecule has 1 aromatic carbocycles. The first-order valence-corrected chi connectivity index (χ1v) is 6.84. The van der Waals surface area contributed by atoms with Gasteiger partial charge in [0.1, 0.15) is 5.75 Å². The van der Waals surface area contributed by atoms with E-state index in [0.717, 1.165) is 6.42 Å². The molecule has 0 aliphatic heterocycles. The Labute approximate surface area is 122 Å². The fourth-order valence-corrected chi connectivity index (χ4v) is 1.87. The van der Waals surface area contributed by atoms with Crippen LogP contribution in [-0.2, 0) is 11.2 Å². The van der Waals surface area contributed by atoms with Crippen molar-refractivity contribution >= 4 is 0 Å². The van der Waals surface area contributed by atoms with Gasteiger partial charge in [-0.3, -0.25) is 0 Å². The third kappa shape index (κ3) is 5.91. The number of ether oxygens (including phenoxy) is 2. The Kier molecular flexibility index (Phi) is 6.45. The lowest BCUT2D eigenvalue weighted by Gasteiger charge is -2.20. The van der Waals surface area contributed by atoms with E-state index in [4.69, 9.17) is 4.74 Å². The first-order chi connectivity index (χ1) is 9.74. The van der Waals surface area contributed by atoms with Gasteiger partial charge in [0, 0.05) is 0 Å². The second-order valence-corrected chi connectivity index (χ2v) is 5.03. The van der Waals surface area contributed by atoms with E-state index in [1.807, 2.05) is 20.8 Å². The van der Waals surface area contributed by atoms with Crippen molar-refractivity contribution in [2.45, 2.75) is 58.4 Å². The number of halogens is 4. The lowest BCUT2D eigenvalue weighted by atomic mass is 10.1. The summed E-state index contributed by atoms with van der Waals surface area (Å²) in [6.45, 7) is 5.77. The molecule has 1 unspecified atom stereocenters. The van der Waals surface area contributed by atoms with Crippen LogP contribution >= 0.6 is 0 Å². The predicted octanol–water partition coefficient (Wildman–Crippen LogP) is 4.67. The minimum absolute atomic E-state index is 0.0533. The first kappa shape index (κ1) is 17.8. The molecule has 1 rings (SSSR count). The van der Waals surface area contributed by atoms with Crippen LogP contribution in [0.1, 0.15) is 32.8 Å². The summed E-state index contributed by atoms with van der Waals surface area (Å²) in [5.74, 6) is -0.280. The summed E-state index contributed by atoms with van der Waals surface area (Å²) in [7, 11) is 0. The highest BCUT2D eigenvalue weighted by Crippen LogP contribution is 2.28. The molecule has 21 heavy (non-hydrogen) atoms. The monoisotopic (exact) mass is 308 g/mol. The van der Waals surface area contributed by atoms with Crippen LogP contribution in [-0.4, -0.2) is 24.7 Å². The van der Waals surface area contributed by atoms with Crippen LogP contribution in [0, 0.1) is 0 Å². The maximum atomic E-state index is 12.9. The van der Waals surface area contributed by atoms with Gasteiger partial charge in [0.2, 0.25) is 0 Å². The number of rotatable bonds is 8. The van der Waals surface area contributed by atoms with E-state index in [0.29, 0.717) is 12.0 Å². The van der Waals surface area contributed by atoms with E-state index >= 15 is 0 Å². The first-order valence-electron chi connectivity index (χ1n) is 6.84. The summed E-state index contributed by atoms with van der Waals surface area (Å²) in [6, 6.07) is 5.78. The largest absolute Gasteiger partial charge is 0.461 e. The molecule has 0 bridgehead atoms. The molecule has 0 fully saturated rings. The van der Waals surface area contributed by atoms with Crippen molar-refractivity contribution < 1.29 is 27.0 Å². The smallest absolute Gasteiger partial charge is 0.428 e. The summed E-state index contributed by atoms with van der Waals surface area (Å²) >= 11 is 0. The molecule has 0 N–H and O–H groups in total. The number of alkyl halides is 4. The Hall–Kier alpha value is -1.30. The summed E-state index contributed by atoms with van der Waals surface area (Å²) in [4.78, 5) is 0. The van der Waals surface area contributed by atoms with Gasteiger partial charge in [-0.25, -0.2) is 0 Å². The molecule has 0 spiro atoms. The lowest BCUT2D eigenvalue weighted by molar-refractivity contribution is -0.253. The normalized spacial score (nSPS) is 13.8. The zero-order chi connectivity index (χ0) is 16.0. The Morgan fingerprint density at radius 3 is 2.38 bits per heavy atom. The van der Waals surface area contributed by atoms with E-state index in [1.54, 1.807) is 6.07 Å². The number of benzene rings is 1. The quantitative estimate of drug-likeness (QED) is 0.650. The lowest BCUT2D eigenvalue weighted by Crippen LogP contribution is -2.33. The standard InChI is InChI=1S/C15H20F4O2/c1-4-12(20-10(2)3)8-11-6-5-7-13(9-11)21-15(18,19)14(16)17/h5-7,9-10,12,14H,4,8H2,1-3H3. The van der Waals surface area contributed by atoms with Crippen molar-refractivity contribution in [1.29, 1.82) is 0 Å². The Bertz CT molecular complexity index is 435. The second kappa shape index (κ2) is 7.64. The topological polar surface area (TPSA) is 18.5 Å². The number of hydrogen-bond donors (Lipinski definition) is 0. The summed E-state index contributed by atoms with van der Waals surface area (Å²) < 4.78 is 59.7. The van der Waals surface area contributed by atoms with Gasteiger partial charge >= 0.3 is 12.5 Å². The molecule has 0 aromatic heterocycles. The van der Waals surface area contributed by atoms with E-state index in [9.17, 15) is 17.6 Å². The van der Waals surface area contributed by atoms with Crippen molar-refractivity contribution in [2.24, 2.45) is 0 Å². The van der Waals surface area contributed by atoms with Gasteiger partial charge < -0.3 is 9.47 Å². The molecule has 0 radical (unpaired) electrons. The van der Waals surface area contributed by atoms with E-state index in [1.165, 1.54) is 18.2 Å². The maximum Gasteiger partial charge on any atom is 0.461 e. The zero-order valence-corrected chi connectivity index (χ0v) is 12.3. The zero-order valence-electron chi connectivity index (χ0n) is 12.3. The van der Waals surface area contributed by atoms with Crippen LogP contribution in [0.15, 0.2) is 24.3 Å². The molecular weight excluding hydrogens is 288 g/mol. The summed E-state index contributed by atoms with van der Waals surface area (Å²) in [6.07, 6.45) is -7.10. The maximum absolute atomic E-state index is 12.9. The third-order valence-electron chi connectivity index (χ3n) is 2.79. The molecule has 1 atom stereocenters. The van der Waals surface area contributed by atoms with E-state index in [2.05, 4.69) is 4.74 Å². The molecule has 120 valence electrons. The summed E-state index contributed by atoms with van der Waals surface area (Å²) in [5.41, 5.74) is 0.699. The number of hydrogen-bond acceptors (Lipinski definition) is 2. The molecule has 1 aromatic rings. The molecule has 0 saturated heterocycles. The van der Waals surface area contributed by atoms with Crippen LogP contribution in [0.2, 0.25) is 0 Å². The molecule has 0 aliphatic rings. The van der Waals surface area contributed by atoms with Crippen LogP contribution in [0.5, 0.6) is 5.75 Å². The molecule has 0 heterocycles. The molecule has 0 amide bonds. The van der Waals surface area contributed by atoms with Gasteiger partial charge in [0.25, 0.3) is 0 Å². The van der Waals surface area contributed by atoms with Crippen LogP contribution in [0.25, 0.3) is 0 Å². The van der Waals surface area contributed by atoms with Gasteiger partial charge in [-0.2, -0.15) is 17.6 Å². The minimum atomic E-state index is -4.49. The van der Waals surface area contributed by atoms with Crippen LogP contribution in [0.3, 0.4) is 0 Å². The highest BCUT2D eigenvalue weighted by atomic mass is 19.3. The highest BCUT2D eigenvalue weighted by molar-refractivity contribution is 5.29.